The quantitative estimate of drug-likeness (QED) is 0.631. The molecule has 0 saturated carbocycles. The van der Waals surface area contributed by atoms with E-state index in [9.17, 15) is 18.0 Å². The summed E-state index contributed by atoms with van der Waals surface area (Å²) in [6.45, 7) is 1.84. The molecule has 0 spiro atoms. The lowest BCUT2D eigenvalue weighted by Gasteiger charge is -2.09. The molecule has 0 amide bonds. The predicted octanol–water partition coefficient (Wildman–Crippen LogP) is 3.78. The highest BCUT2D eigenvalue weighted by Gasteiger charge is 2.13. The van der Waals surface area contributed by atoms with Gasteiger partial charge in [0.2, 0.25) is 18.7 Å². The smallest absolute Gasteiger partial charge is 0.262 e. The van der Waals surface area contributed by atoms with Crippen LogP contribution >= 0.6 is 11.6 Å². The second-order valence-electron chi connectivity index (χ2n) is 4.73. The van der Waals surface area contributed by atoms with Gasteiger partial charge in [0, 0.05) is 11.2 Å². The van der Waals surface area contributed by atoms with E-state index < -0.39 is 18.4 Å². The number of fused-ring (bicyclic) bond motifs is 1. The summed E-state index contributed by atoms with van der Waals surface area (Å²) in [5, 5.41) is 0.611. The number of benzene rings is 1. The maximum atomic E-state index is 13.8. The lowest BCUT2D eigenvalue weighted by molar-refractivity contribution is 0.295. The highest BCUT2D eigenvalue weighted by Crippen LogP contribution is 2.19. The van der Waals surface area contributed by atoms with Gasteiger partial charge in [-0.2, -0.15) is 4.39 Å². The first kappa shape index (κ1) is 17.1. The molecule has 3 aromatic rings. The molecule has 1 aromatic carbocycles. The lowest BCUT2D eigenvalue weighted by atomic mass is 10.2. The van der Waals surface area contributed by atoms with Crippen LogP contribution in [0.1, 0.15) is 11.3 Å². The number of halogens is 4. The minimum absolute atomic E-state index is 0.245. The number of rotatable bonds is 1. The molecule has 4 nitrogen and oxygen atoms in total. The fraction of sp³-hybridized carbons (Fsp3) is 0.200. The molecule has 2 aromatic heterocycles. The molecule has 0 fully saturated rings. The fourth-order valence-corrected chi connectivity index (χ4v) is 2.26. The van der Waals surface area contributed by atoms with Crippen molar-refractivity contribution in [1.29, 1.82) is 0 Å². The van der Waals surface area contributed by atoms with E-state index in [0.717, 1.165) is 11.6 Å². The Bertz CT molecular complexity index is 905. The molecular weight excluding hydrogens is 331 g/mol. The first-order valence-corrected chi connectivity index (χ1v) is 6.92. The van der Waals surface area contributed by atoms with Gasteiger partial charge in [0.05, 0.1) is 17.4 Å². The summed E-state index contributed by atoms with van der Waals surface area (Å²) in [6.07, 6.45) is 1.55. The van der Waals surface area contributed by atoms with Crippen molar-refractivity contribution in [2.24, 2.45) is 0 Å². The number of hydrogen-bond acceptors (Lipinski definition) is 2. The van der Waals surface area contributed by atoms with Gasteiger partial charge in [-0.1, -0.05) is 11.6 Å². The Labute approximate surface area is 134 Å². The Balaban J connectivity index is 0.000000595. The van der Waals surface area contributed by atoms with Crippen LogP contribution < -0.4 is 5.56 Å². The number of aryl methyl sites for hydroxylation is 2. The Morgan fingerprint density at radius 1 is 1.22 bits per heavy atom. The van der Waals surface area contributed by atoms with E-state index in [1.165, 1.54) is 8.97 Å². The maximum absolute atomic E-state index is 13.8. The monoisotopic (exact) mass is 343 g/mol. The Morgan fingerprint density at radius 2 is 1.87 bits per heavy atom. The molecule has 0 bridgehead atoms. The van der Waals surface area contributed by atoms with Crippen molar-refractivity contribution >= 4 is 17.4 Å². The predicted molar refractivity (Wildman–Crippen MR) is 82.3 cm³/mol. The zero-order chi connectivity index (χ0) is 17.1. The molecule has 0 radical (unpaired) electrons. The summed E-state index contributed by atoms with van der Waals surface area (Å²) >= 11 is 5.99. The zero-order valence-electron chi connectivity index (χ0n) is 12.4. The van der Waals surface area contributed by atoms with E-state index in [2.05, 4.69) is 4.98 Å². The number of aromatic nitrogens is 3. The molecule has 8 heteroatoms. The van der Waals surface area contributed by atoms with Crippen LogP contribution in [0, 0.1) is 19.8 Å². The molecule has 2 heterocycles. The first-order chi connectivity index (χ1) is 10.9. The third kappa shape index (κ3) is 3.39. The van der Waals surface area contributed by atoms with E-state index in [0.29, 0.717) is 16.4 Å². The summed E-state index contributed by atoms with van der Waals surface area (Å²) in [6, 6.07) is 6.12. The number of nitrogens with zero attached hydrogens (tertiary/aromatic N) is 3. The normalized spacial score (nSPS) is 10.5. The summed E-state index contributed by atoms with van der Waals surface area (Å²) in [5.74, 6) is -0.387. The number of alkyl halides is 2. The standard InChI is InChI=1S/C14H11ClFN3O.CH2F2/c1-8-5-10(3-4-11(8)15)19-13(20)6-12(16)18-7-9(2)17-14(18)19;2-1-3/h3-7H,1-2H3;1H2. The fourth-order valence-electron chi connectivity index (χ4n) is 2.15. The lowest BCUT2D eigenvalue weighted by Crippen LogP contribution is -2.21. The van der Waals surface area contributed by atoms with Crippen LogP contribution in [-0.4, -0.2) is 20.9 Å². The molecule has 23 heavy (non-hydrogen) atoms. The topological polar surface area (TPSA) is 39.3 Å². The third-order valence-electron chi connectivity index (χ3n) is 3.10. The summed E-state index contributed by atoms with van der Waals surface area (Å²) in [5.41, 5.74) is 1.60. The summed E-state index contributed by atoms with van der Waals surface area (Å²) < 4.78 is 35.6. The second kappa shape index (κ2) is 6.87. The largest absolute Gasteiger partial charge is 0.269 e. The average molecular weight is 344 g/mol. The molecule has 0 N–H and O–H groups in total. The van der Waals surface area contributed by atoms with Crippen molar-refractivity contribution in [3.63, 3.8) is 0 Å². The SMILES string of the molecule is Cc1cn2c(F)cc(=O)n(-c3ccc(Cl)c(C)c3)c2n1.FCF. The molecule has 3 rings (SSSR count). The van der Waals surface area contributed by atoms with E-state index in [4.69, 9.17) is 11.6 Å². The van der Waals surface area contributed by atoms with Crippen LogP contribution in [-0.2, 0) is 0 Å². The van der Waals surface area contributed by atoms with Gasteiger partial charge < -0.3 is 0 Å². The van der Waals surface area contributed by atoms with Gasteiger partial charge in [0.25, 0.3) is 5.56 Å². The molecule has 0 atom stereocenters. The Hall–Kier alpha value is -2.28. The third-order valence-corrected chi connectivity index (χ3v) is 3.52. The minimum atomic E-state index is -1.75. The first-order valence-electron chi connectivity index (χ1n) is 6.54. The molecule has 122 valence electrons. The van der Waals surface area contributed by atoms with Gasteiger partial charge in [-0.25, -0.2) is 18.3 Å². The molecule has 0 unspecified atom stereocenters. The van der Waals surface area contributed by atoms with Crippen LogP contribution in [0.2, 0.25) is 5.02 Å². The van der Waals surface area contributed by atoms with Gasteiger partial charge in [-0.15, -0.1) is 0 Å². The van der Waals surface area contributed by atoms with E-state index in [1.54, 1.807) is 31.3 Å². The highest BCUT2D eigenvalue weighted by atomic mass is 35.5. The summed E-state index contributed by atoms with van der Waals surface area (Å²) in [4.78, 5) is 16.3. The Morgan fingerprint density at radius 3 is 2.48 bits per heavy atom. The van der Waals surface area contributed by atoms with Crippen LogP contribution in [0.15, 0.2) is 35.3 Å². The number of hydrogen-bond donors (Lipinski definition) is 0. The van der Waals surface area contributed by atoms with Gasteiger partial charge in [-0.05, 0) is 37.6 Å². The average Bonchev–Trinajstić information content (AvgIpc) is 2.85. The van der Waals surface area contributed by atoms with Crippen LogP contribution in [0.25, 0.3) is 11.5 Å². The minimum Gasteiger partial charge on any atom is -0.269 e. The maximum Gasteiger partial charge on any atom is 0.262 e. The molecule has 0 aliphatic heterocycles. The summed E-state index contributed by atoms with van der Waals surface area (Å²) in [7, 11) is 0. The van der Waals surface area contributed by atoms with Gasteiger partial charge in [0.15, 0.2) is 0 Å². The second-order valence-corrected chi connectivity index (χ2v) is 5.13. The molecule has 0 aliphatic rings. The van der Waals surface area contributed by atoms with Crippen molar-refractivity contribution in [2.45, 2.75) is 13.8 Å². The van der Waals surface area contributed by atoms with Crippen molar-refractivity contribution in [3.8, 4) is 5.69 Å². The van der Waals surface area contributed by atoms with Crippen molar-refractivity contribution in [3.05, 3.63) is 63.0 Å². The zero-order valence-corrected chi connectivity index (χ0v) is 13.1. The Kier molecular flexibility index (Phi) is 5.10. The van der Waals surface area contributed by atoms with E-state index in [1.807, 2.05) is 6.92 Å². The van der Waals surface area contributed by atoms with E-state index in [-0.39, 0.29) is 5.78 Å². The van der Waals surface area contributed by atoms with Crippen LogP contribution in [0.4, 0.5) is 13.2 Å². The van der Waals surface area contributed by atoms with Gasteiger partial charge in [0.1, 0.15) is 0 Å². The molecule has 0 aliphatic carbocycles. The van der Waals surface area contributed by atoms with Crippen molar-refractivity contribution < 1.29 is 13.2 Å². The van der Waals surface area contributed by atoms with Crippen molar-refractivity contribution in [1.82, 2.24) is 14.0 Å². The molecule has 0 saturated heterocycles. The van der Waals surface area contributed by atoms with Gasteiger partial charge in [-0.3, -0.25) is 9.20 Å². The van der Waals surface area contributed by atoms with Crippen LogP contribution in [0.3, 0.4) is 0 Å². The van der Waals surface area contributed by atoms with Crippen molar-refractivity contribution in [2.75, 3.05) is 6.93 Å². The number of imidazole rings is 1. The van der Waals surface area contributed by atoms with Crippen LogP contribution in [0.5, 0.6) is 0 Å². The highest BCUT2D eigenvalue weighted by molar-refractivity contribution is 6.31. The van der Waals surface area contributed by atoms with E-state index >= 15 is 0 Å². The molecular formula is C15H13ClF3N3O. The van der Waals surface area contributed by atoms with Gasteiger partial charge >= 0.3 is 0 Å².